The van der Waals surface area contributed by atoms with Crippen LogP contribution in [-0.2, 0) is 16.1 Å². The number of amides is 2. The topological polar surface area (TPSA) is 66.6 Å². The molecule has 2 aromatic carbocycles. The van der Waals surface area contributed by atoms with E-state index >= 15 is 0 Å². The largest absolute Gasteiger partial charge is 0.369 e. The predicted molar refractivity (Wildman–Crippen MR) is 103 cm³/mol. The molecule has 2 amide bonds. The number of fused-ring (bicyclic) bond motifs is 1. The fourth-order valence-corrected chi connectivity index (χ4v) is 3.33. The number of primary amides is 1. The number of nitrogens with two attached hydrogens (primary N) is 1. The van der Waals surface area contributed by atoms with Crippen molar-refractivity contribution in [3.63, 3.8) is 0 Å². The first-order chi connectivity index (χ1) is 12.3. The highest BCUT2D eigenvalue weighted by molar-refractivity contribution is 5.87. The molecular formula is C21H27N3O2. The van der Waals surface area contributed by atoms with E-state index in [-0.39, 0.29) is 12.3 Å². The molecule has 0 radical (unpaired) electrons. The van der Waals surface area contributed by atoms with Crippen LogP contribution in [0.25, 0.3) is 10.8 Å². The van der Waals surface area contributed by atoms with E-state index in [9.17, 15) is 9.59 Å². The Bertz CT molecular complexity index is 808. The van der Waals surface area contributed by atoms with Crippen LogP contribution in [0.1, 0.15) is 25.8 Å². The van der Waals surface area contributed by atoms with E-state index in [1.807, 2.05) is 4.90 Å². The van der Waals surface area contributed by atoms with Gasteiger partial charge in [0.1, 0.15) is 0 Å². The third kappa shape index (κ3) is 4.22. The summed E-state index contributed by atoms with van der Waals surface area (Å²) in [5.41, 5.74) is 5.88. The first-order valence-electron chi connectivity index (χ1n) is 9.13. The molecule has 1 aliphatic rings. The molecule has 2 N–H and O–H groups in total. The fourth-order valence-electron chi connectivity index (χ4n) is 3.33. The minimum atomic E-state index is -0.792. The van der Waals surface area contributed by atoms with Crippen LogP contribution >= 0.6 is 0 Å². The molecule has 1 aliphatic heterocycles. The van der Waals surface area contributed by atoms with Crippen molar-refractivity contribution in [2.75, 3.05) is 26.2 Å². The molecular weight excluding hydrogens is 326 g/mol. The number of rotatable bonds is 5. The van der Waals surface area contributed by atoms with Crippen molar-refractivity contribution in [2.24, 2.45) is 11.1 Å². The fraction of sp³-hybridized carbons (Fsp3) is 0.429. The zero-order valence-corrected chi connectivity index (χ0v) is 15.6. The van der Waals surface area contributed by atoms with Gasteiger partial charge in [0.2, 0.25) is 11.8 Å². The standard InChI is InChI=1S/C21H27N3O2/c1-21(2,20(22)26)14-19(25)24-11-9-23(10-12-24)15-16-7-8-17-5-3-4-6-18(17)13-16/h3-8,13H,9-12,14-15H2,1-2H3,(H2,22,26). The molecule has 5 heteroatoms. The maximum atomic E-state index is 12.4. The monoisotopic (exact) mass is 353 g/mol. The Kier molecular flexibility index (Phi) is 5.28. The Morgan fingerprint density at radius 3 is 2.31 bits per heavy atom. The van der Waals surface area contributed by atoms with E-state index in [4.69, 9.17) is 5.73 Å². The molecule has 0 unspecified atom stereocenters. The van der Waals surface area contributed by atoms with Gasteiger partial charge in [0, 0.05) is 39.1 Å². The molecule has 3 rings (SSSR count). The molecule has 26 heavy (non-hydrogen) atoms. The van der Waals surface area contributed by atoms with Gasteiger partial charge in [-0.25, -0.2) is 0 Å². The molecule has 0 spiro atoms. The lowest BCUT2D eigenvalue weighted by Crippen LogP contribution is -2.49. The minimum Gasteiger partial charge on any atom is -0.369 e. The highest BCUT2D eigenvalue weighted by atomic mass is 16.2. The summed E-state index contributed by atoms with van der Waals surface area (Å²) in [5, 5.41) is 2.51. The van der Waals surface area contributed by atoms with Crippen molar-refractivity contribution in [2.45, 2.75) is 26.8 Å². The molecule has 0 aromatic heterocycles. The summed E-state index contributed by atoms with van der Waals surface area (Å²) in [6.45, 7) is 7.42. The maximum Gasteiger partial charge on any atom is 0.223 e. The van der Waals surface area contributed by atoms with E-state index in [0.29, 0.717) is 13.1 Å². The van der Waals surface area contributed by atoms with Crippen LogP contribution < -0.4 is 5.73 Å². The van der Waals surface area contributed by atoms with Crippen molar-refractivity contribution in [1.29, 1.82) is 0 Å². The van der Waals surface area contributed by atoms with Crippen LogP contribution in [0.4, 0.5) is 0 Å². The minimum absolute atomic E-state index is 0.0131. The quantitative estimate of drug-likeness (QED) is 0.897. The van der Waals surface area contributed by atoms with Gasteiger partial charge in [0.15, 0.2) is 0 Å². The molecule has 0 saturated carbocycles. The van der Waals surface area contributed by atoms with Crippen molar-refractivity contribution >= 4 is 22.6 Å². The van der Waals surface area contributed by atoms with Crippen molar-refractivity contribution in [3.05, 3.63) is 48.0 Å². The third-order valence-corrected chi connectivity index (χ3v) is 5.21. The number of carbonyl (C=O) groups excluding carboxylic acids is 2. The molecule has 1 saturated heterocycles. The van der Waals surface area contributed by atoms with Gasteiger partial charge in [0.05, 0.1) is 5.41 Å². The summed E-state index contributed by atoms with van der Waals surface area (Å²) in [5.74, 6) is -0.417. The Morgan fingerprint density at radius 2 is 1.65 bits per heavy atom. The second kappa shape index (κ2) is 7.46. The van der Waals surface area contributed by atoms with E-state index < -0.39 is 11.3 Å². The maximum absolute atomic E-state index is 12.4. The van der Waals surface area contributed by atoms with E-state index in [2.05, 4.69) is 47.4 Å². The van der Waals surface area contributed by atoms with Gasteiger partial charge < -0.3 is 10.6 Å². The highest BCUT2D eigenvalue weighted by Gasteiger charge is 2.31. The van der Waals surface area contributed by atoms with Gasteiger partial charge in [-0.1, -0.05) is 50.2 Å². The molecule has 0 aliphatic carbocycles. The van der Waals surface area contributed by atoms with Gasteiger partial charge in [-0.05, 0) is 22.4 Å². The average molecular weight is 353 g/mol. The van der Waals surface area contributed by atoms with Crippen LogP contribution in [-0.4, -0.2) is 47.8 Å². The van der Waals surface area contributed by atoms with Crippen LogP contribution in [0.3, 0.4) is 0 Å². The lowest BCUT2D eigenvalue weighted by atomic mass is 9.88. The van der Waals surface area contributed by atoms with Crippen LogP contribution in [0.15, 0.2) is 42.5 Å². The SMILES string of the molecule is CC(C)(CC(=O)N1CCN(Cc2ccc3ccccc3c2)CC1)C(N)=O. The average Bonchev–Trinajstić information content (AvgIpc) is 2.61. The molecule has 0 atom stereocenters. The van der Waals surface area contributed by atoms with Crippen LogP contribution in [0, 0.1) is 5.41 Å². The zero-order valence-electron chi connectivity index (χ0n) is 15.6. The Balaban J connectivity index is 1.54. The third-order valence-electron chi connectivity index (χ3n) is 5.21. The lowest BCUT2D eigenvalue weighted by molar-refractivity contribution is -0.139. The molecule has 1 fully saturated rings. The van der Waals surface area contributed by atoms with Gasteiger partial charge in [0.25, 0.3) is 0 Å². The van der Waals surface area contributed by atoms with Crippen molar-refractivity contribution < 1.29 is 9.59 Å². The van der Waals surface area contributed by atoms with Gasteiger partial charge in [-0.15, -0.1) is 0 Å². The summed E-state index contributed by atoms with van der Waals surface area (Å²) in [6.07, 6.45) is 0.174. The smallest absolute Gasteiger partial charge is 0.223 e. The van der Waals surface area contributed by atoms with Gasteiger partial charge in [-0.2, -0.15) is 0 Å². The van der Waals surface area contributed by atoms with Gasteiger partial charge >= 0.3 is 0 Å². The second-order valence-corrected chi connectivity index (χ2v) is 7.76. The van der Waals surface area contributed by atoms with E-state index in [1.165, 1.54) is 16.3 Å². The Hall–Kier alpha value is -2.40. The first kappa shape index (κ1) is 18.4. The molecule has 2 aromatic rings. The van der Waals surface area contributed by atoms with Gasteiger partial charge in [-0.3, -0.25) is 14.5 Å². The second-order valence-electron chi connectivity index (χ2n) is 7.76. The predicted octanol–water partition coefficient (Wildman–Crippen LogP) is 2.39. The number of hydrogen-bond acceptors (Lipinski definition) is 3. The number of carbonyl (C=O) groups is 2. The Labute approximate surface area is 154 Å². The van der Waals surface area contributed by atoms with E-state index in [1.54, 1.807) is 13.8 Å². The number of nitrogens with zero attached hydrogens (tertiary/aromatic N) is 2. The number of benzene rings is 2. The summed E-state index contributed by atoms with van der Waals surface area (Å²) in [7, 11) is 0. The van der Waals surface area contributed by atoms with Crippen molar-refractivity contribution in [1.82, 2.24) is 9.80 Å². The molecule has 138 valence electrons. The lowest BCUT2D eigenvalue weighted by Gasteiger charge is -2.36. The summed E-state index contributed by atoms with van der Waals surface area (Å²) < 4.78 is 0. The van der Waals surface area contributed by atoms with Crippen LogP contribution in [0.2, 0.25) is 0 Å². The van der Waals surface area contributed by atoms with Crippen LogP contribution in [0.5, 0.6) is 0 Å². The Morgan fingerprint density at radius 1 is 1.00 bits per heavy atom. The number of hydrogen-bond donors (Lipinski definition) is 1. The summed E-state index contributed by atoms with van der Waals surface area (Å²) >= 11 is 0. The normalized spacial score (nSPS) is 16.0. The summed E-state index contributed by atoms with van der Waals surface area (Å²) in [4.78, 5) is 28.1. The van der Waals surface area contributed by atoms with Crippen molar-refractivity contribution in [3.8, 4) is 0 Å². The first-order valence-corrected chi connectivity index (χ1v) is 9.13. The summed E-state index contributed by atoms with van der Waals surface area (Å²) in [6, 6.07) is 14.9. The highest BCUT2D eigenvalue weighted by Crippen LogP contribution is 2.22. The zero-order chi connectivity index (χ0) is 18.7. The van der Waals surface area contributed by atoms with E-state index in [0.717, 1.165) is 19.6 Å². The number of piperazine rings is 1. The molecule has 0 bridgehead atoms. The molecule has 5 nitrogen and oxygen atoms in total. The molecule has 1 heterocycles.